The molecule has 1 aromatic heterocycles. The summed E-state index contributed by atoms with van der Waals surface area (Å²) in [6, 6.07) is 0. The van der Waals surface area contributed by atoms with Crippen LogP contribution in [-0.4, -0.2) is 33.9 Å². The molecule has 0 aromatic carbocycles. The zero-order chi connectivity index (χ0) is 18.4. The Balaban J connectivity index is 1.95. The molecule has 5 heteroatoms. The van der Waals surface area contributed by atoms with Gasteiger partial charge in [-0.2, -0.15) is 0 Å². The van der Waals surface area contributed by atoms with Crippen LogP contribution >= 0.6 is 0 Å². The number of aromatic nitrogens is 1. The Kier molecular flexibility index (Phi) is 4.56. The van der Waals surface area contributed by atoms with Gasteiger partial charge in [-0.05, 0) is 65.4 Å². The molecule has 2 unspecified atom stereocenters. The van der Waals surface area contributed by atoms with Gasteiger partial charge in [-0.3, -0.25) is 0 Å². The summed E-state index contributed by atoms with van der Waals surface area (Å²) >= 11 is 0. The highest BCUT2D eigenvalue weighted by atomic mass is 16.5. The molecule has 1 saturated carbocycles. The van der Waals surface area contributed by atoms with Gasteiger partial charge >= 0.3 is 0 Å². The molecule has 1 aliphatic carbocycles. The van der Waals surface area contributed by atoms with Gasteiger partial charge in [0.1, 0.15) is 12.2 Å². The molecular formula is C20H30N2O3. The van der Waals surface area contributed by atoms with Gasteiger partial charge in [0, 0.05) is 6.42 Å². The molecule has 0 radical (unpaired) electrons. The molecule has 3 rings (SSSR count). The zero-order valence-electron chi connectivity index (χ0n) is 16.3. The number of rotatable bonds is 3. The van der Waals surface area contributed by atoms with Crippen LogP contribution < -0.4 is 0 Å². The van der Waals surface area contributed by atoms with Crippen molar-refractivity contribution in [3.8, 4) is 0 Å². The van der Waals surface area contributed by atoms with Crippen molar-refractivity contribution in [2.75, 3.05) is 6.61 Å². The van der Waals surface area contributed by atoms with Crippen molar-refractivity contribution in [2.45, 2.75) is 78.4 Å². The summed E-state index contributed by atoms with van der Waals surface area (Å²) in [5, 5.41) is 15.6. The van der Waals surface area contributed by atoms with Crippen LogP contribution in [0.15, 0.2) is 20.7 Å². The van der Waals surface area contributed by atoms with Crippen molar-refractivity contribution in [3.05, 3.63) is 28.2 Å². The van der Waals surface area contributed by atoms with Crippen molar-refractivity contribution >= 4 is 5.90 Å². The third-order valence-corrected chi connectivity index (χ3v) is 5.34. The van der Waals surface area contributed by atoms with Gasteiger partial charge in [0.2, 0.25) is 5.90 Å². The molecule has 0 spiro atoms. The first-order valence-electron chi connectivity index (χ1n) is 9.19. The quantitative estimate of drug-likeness (QED) is 0.841. The number of allylic oxidation sites excluding steroid dienone is 1. The van der Waals surface area contributed by atoms with Crippen LogP contribution in [-0.2, 0) is 11.2 Å². The van der Waals surface area contributed by atoms with Crippen LogP contribution in [0.3, 0.4) is 0 Å². The maximum Gasteiger partial charge on any atom is 0.222 e. The predicted molar refractivity (Wildman–Crippen MR) is 97.9 cm³/mol. The van der Waals surface area contributed by atoms with Gasteiger partial charge in [-0.15, -0.1) is 0 Å². The van der Waals surface area contributed by atoms with E-state index < -0.39 is 5.60 Å². The maximum absolute atomic E-state index is 11.4. The van der Waals surface area contributed by atoms with E-state index in [1.54, 1.807) is 0 Å². The van der Waals surface area contributed by atoms with E-state index in [4.69, 9.17) is 9.26 Å². The van der Waals surface area contributed by atoms with Crippen LogP contribution in [0.4, 0.5) is 0 Å². The molecule has 0 amide bonds. The first-order chi connectivity index (χ1) is 11.6. The Labute approximate surface area is 150 Å². The number of aliphatic hydroxyl groups is 1. The lowest BCUT2D eigenvalue weighted by Crippen LogP contribution is -2.39. The van der Waals surface area contributed by atoms with E-state index in [1.807, 2.05) is 20.8 Å². The largest absolute Gasteiger partial charge is 0.475 e. The fraction of sp³-hybridized carbons (Fsp3) is 0.700. The number of hydrogen-bond acceptors (Lipinski definition) is 5. The van der Waals surface area contributed by atoms with Crippen LogP contribution in [0.1, 0.15) is 70.9 Å². The highest BCUT2D eigenvalue weighted by molar-refractivity contribution is 5.97. The van der Waals surface area contributed by atoms with Crippen molar-refractivity contribution in [3.63, 3.8) is 0 Å². The normalized spacial score (nSPS) is 28.7. The topological polar surface area (TPSA) is 67.9 Å². The summed E-state index contributed by atoms with van der Waals surface area (Å²) in [5.74, 6) is 1.86. The van der Waals surface area contributed by atoms with Gasteiger partial charge in [0.25, 0.3) is 0 Å². The molecule has 2 aliphatic rings. The lowest BCUT2D eigenvalue weighted by Gasteiger charge is -2.38. The molecular weight excluding hydrogens is 316 g/mol. The minimum Gasteiger partial charge on any atom is -0.475 e. The Hall–Kier alpha value is -1.62. The maximum atomic E-state index is 11.4. The number of aliphatic imine (C=N–C) groups is 1. The Morgan fingerprint density at radius 1 is 1.32 bits per heavy atom. The molecule has 2 heterocycles. The van der Waals surface area contributed by atoms with Crippen LogP contribution in [0.2, 0.25) is 0 Å². The van der Waals surface area contributed by atoms with E-state index in [-0.39, 0.29) is 5.54 Å². The van der Waals surface area contributed by atoms with Gasteiger partial charge in [0.15, 0.2) is 5.76 Å². The second kappa shape index (κ2) is 6.27. The summed E-state index contributed by atoms with van der Waals surface area (Å²) in [7, 11) is 0. The third-order valence-electron chi connectivity index (χ3n) is 5.34. The van der Waals surface area contributed by atoms with Gasteiger partial charge < -0.3 is 14.4 Å². The van der Waals surface area contributed by atoms with Gasteiger partial charge in [-0.1, -0.05) is 17.7 Å². The molecule has 0 bridgehead atoms. The van der Waals surface area contributed by atoms with E-state index in [0.717, 1.165) is 36.1 Å². The summed E-state index contributed by atoms with van der Waals surface area (Å²) in [6.07, 6.45) is 3.11. The lowest BCUT2D eigenvalue weighted by molar-refractivity contribution is 0.0350. The van der Waals surface area contributed by atoms with E-state index in [2.05, 4.69) is 30.9 Å². The van der Waals surface area contributed by atoms with Crippen molar-refractivity contribution in [2.24, 2.45) is 10.9 Å². The van der Waals surface area contributed by atoms with E-state index >= 15 is 0 Å². The summed E-state index contributed by atoms with van der Waals surface area (Å²) in [6.45, 7) is 12.9. The van der Waals surface area contributed by atoms with Crippen molar-refractivity contribution in [1.82, 2.24) is 5.16 Å². The Bertz CT molecular complexity index is 725. The van der Waals surface area contributed by atoms with Crippen molar-refractivity contribution in [1.29, 1.82) is 0 Å². The molecule has 1 aliphatic heterocycles. The molecule has 0 saturated heterocycles. The van der Waals surface area contributed by atoms with Crippen LogP contribution in [0.25, 0.3) is 0 Å². The molecule has 1 aromatic rings. The average molecular weight is 346 g/mol. The standard InChI is InChI=1S/C20H30N2O3/c1-12(2)15-9-13(3)7-8-20(15,23)10-16-17(14(4)22-25-16)18-21-19(5,6)11-24-18/h13,23H,7-11H2,1-6H3. The third kappa shape index (κ3) is 3.52. The first kappa shape index (κ1) is 18.2. The number of aryl methyl sites for hydroxylation is 1. The number of nitrogens with zero attached hydrogens (tertiary/aromatic N) is 2. The fourth-order valence-electron chi connectivity index (χ4n) is 3.93. The van der Waals surface area contributed by atoms with E-state index in [1.165, 1.54) is 5.57 Å². The smallest absolute Gasteiger partial charge is 0.222 e. The van der Waals surface area contributed by atoms with Gasteiger partial charge in [0.05, 0.1) is 16.8 Å². The predicted octanol–water partition coefficient (Wildman–Crippen LogP) is 3.97. The summed E-state index contributed by atoms with van der Waals surface area (Å²) in [4.78, 5) is 4.67. The van der Waals surface area contributed by atoms with E-state index in [9.17, 15) is 5.11 Å². The SMILES string of the molecule is CC(C)=C1CC(C)CCC1(O)Cc1onc(C)c1C1=NC(C)(C)CO1. The number of hydrogen-bond donors (Lipinski definition) is 1. The van der Waals surface area contributed by atoms with E-state index in [0.29, 0.717) is 30.6 Å². The molecule has 1 N–H and O–H groups in total. The Morgan fingerprint density at radius 3 is 2.64 bits per heavy atom. The zero-order valence-corrected chi connectivity index (χ0v) is 16.3. The minimum absolute atomic E-state index is 0.238. The highest BCUT2D eigenvalue weighted by Gasteiger charge is 2.40. The molecule has 25 heavy (non-hydrogen) atoms. The summed E-state index contributed by atoms with van der Waals surface area (Å²) in [5.41, 5.74) is 2.80. The fourth-order valence-corrected chi connectivity index (χ4v) is 3.93. The molecule has 2 atom stereocenters. The molecule has 5 nitrogen and oxygen atoms in total. The summed E-state index contributed by atoms with van der Waals surface area (Å²) < 4.78 is 11.4. The number of ether oxygens (including phenoxy) is 1. The second-order valence-corrected chi connectivity index (χ2v) is 8.62. The molecule has 1 fully saturated rings. The molecule has 138 valence electrons. The average Bonchev–Trinajstić information content (AvgIpc) is 3.04. The monoisotopic (exact) mass is 346 g/mol. The van der Waals surface area contributed by atoms with Crippen LogP contribution in [0.5, 0.6) is 0 Å². The first-order valence-corrected chi connectivity index (χ1v) is 9.19. The second-order valence-electron chi connectivity index (χ2n) is 8.62. The lowest BCUT2D eigenvalue weighted by atomic mass is 9.72. The highest BCUT2D eigenvalue weighted by Crippen LogP contribution is 2.41. The minimum atomic E-state index is -0.874. The van der Waals surface area contributed by atoms with Gasteiger partial charge in [-0.25, -0.2) is 4.99 Å². The Morgan fingerprint density at radius 2 is 2.04 bits per heavy atom. The van der Waals surface area contributed by atoms with Crippen molar-refractivity contribution < 1.29 is 14.4 Å². The van der Waals surface area contributed by atoms with Crippen LogP contribution in [0, 0.1) is 12.8 Å².